The Bertz CT molecular complexity index is 217. The smallest absolute Gasteiger partial charge is 0.00955 e. The van der Waals surface area contributed by atoms with Crippen LogP contribution in [-0.4, -0.2) is 17.4 Å². The Balaban J connectivity index is 2.16. The van der Waals surface area contributed by atoms with Gasteiger partial charge in [-0.2, -0.15) is 0 Å². The third-order valence-electron chi connectivity index (χ3n) is 4.22. The van der Waals surface area contributed by atoms with Crippen molar-refractivity contribution in [1.29, 1.82) is 0 Å². The molecule has 106 valence electrons. The number of alkyl halides is 1. The number of allylic oxidation sites excluding steroid dienone is 1. The largest absolute Gasteiger partial charge is 0.311 e. The van der Waals surface area contributed by atoms with Crippen molar-refractivity contribution in [3.05, 3.63) is 12.7 Å². The summed E-state index contributed by atoms with van der Waals surface area (Å²) in [5, 5.41) is 5.03. The first kappa shape index (κ1) is 16.2. The predicted molar refractivity (Wildman–Crippen MR) is 85.4 cm³/mol. The zero-order valence-corrected chi connectivity index (χ0v) is 13.6. The second-order valence-electron chi connectivity index (χ2n) is 5.78. The summed E-state index contributed by atoms with van der Waals surface area (Å²) in [5.41, 5.74) is 0. The van der Waals surface area contributed by atoms with Gasteiger partial charge in [-0.1, -0.05) is 41.8 Å². The van der Waals surface area contributed by atoms with Gasteiger partial charge in [-0.15, -0.1) is 6.58 Å². The second-order valence-corrected chi connectivity index (χ2v) is 6.58. The van der Waals surface area contributed by atoms with E-state index in [1.165, 1.54) is 57.8 Å². The number of hydrogen-bond donors (Lipinski definition) is 1. The molecule has 1 aliphatic rings. The van der Waals surface area contributed by atoms with Crippen LogP contribution in [0.1, 0.15) is 64.7 Å². The maximum atomic E-state index is 3.89. The molecule has 0 aromatic rings. The molecule has 0 aliphatic carbocycles. The van der Waals surface area contributed by atoms with E-state index in [9.17, 15) is 0 Å². The van der Waals surface area contributed by atoms with E-state index in [1.54, 1.807) is 0 Å². The molecule has 1 N–H and O–H groups in total. The van der Waals surface area contributed by atoms with Gasteiger partial charge in [-0.05, 0) is 50.9 Å². The van der Waals surface area contributed by atoms with E-state index >= 15 is 0 Å². The summed E-state index contributed by atoms with van der Waals surface area (Å²) in [6, 6.07) is 1.54. The number of piperidine rings is 1. The fourth-order valence-electron chi connectivity index (χ4n) is 2.96. The topological polar surface area (TPSA) is 12.0 Å². The molecule has 1 saturated heterocycles. The lowest BCUT2D eigenvalue weighted by molar-refractivity contribution is 0.223. The van der Waals surface area contributed by atoms with E-state index in [-0.39, 0.29) is 0 Å². The first-order valence-corrected chi connectivity index (χ1v) is 8.83. The summed E-state index contributed by atoms with van der Waals surface area (Å²) in [6.45, 7) is 6.19. The van der Waals surface area contributed by atoms with E-state index in [0.29, 0.717) is 0 Å². The number of rotatable bonds is 9. The first-order valence-electron chi connectivity index (χ1n) is 7.70. The Labute approximate surface area is 122 Å². The Morgan fingerprint density at radius 1 is 1.17 bits per heavy atom. The molecule has 3 atom stereocenters. The Morgan fingerprint density at radius 3 is 2.72 bits per heavy atom. The maximum Gasteiger partial charge on any atom is 0.00955 e. The molecule has 1 aliphatic heterocycles. The van der Waals surface area contributed by atoms with Crippen molar-refractivity contribution in [3.8, 4) is 0 Å². The summed E-state index contributed by atoms with van der Waals surface area (Å²) in [6.07, 6.45) is 14.1. The molecule has 18 heavy (non-hydrogen) atoms. The van der Waals surface area contributed by atoms with Crippen molar-refractivity contribution in [3.63, 3.8) is 0 Å². The Morgan fingerprint density at radius 2 is 2.00 bits per heavy atom. The third-order valence-corrected chi connectivity index (χ3v) is 4.78. The lowest BCUT2D eigenvalue weighted by Crippen LogP contribution is -2.46. The van der Waals surface area contributed by atoms with Crippen LogP contribution in [0.5, 0.6) is 0 Å². The van der Waals surface area contributed by atoms with Gasteiger partial charge in [-0.25, -0.2) is 0 Å². The second kappa shape index (κ2) is 10.0. The highest BCUT2D eigenvalue weighted by Crippen LogP contribution is 2.25. The monoisotopic (exact) mass is 315 g/mol. The van der Waals surface area contributed by atoms with Crippen molar-refractivity contribution >= 4 is 15.9 Å². The van der Waals surface area contributed by atoms with Crippen LogP contribution in [0.2, 0.25) is 0 Å². The highest BCUT2D eigenvalue weighted by molar-refractivity contribution is 9.09. The molecule has 1 fully saturated rings. The summed E-state index contributed by atoms with van der Waals surface area (Å²) in [7, 11) is 0. The van der Waals surface area contributed by atoms with Crippen molar-refractivity contribution < 1.29 is 0 Å². The zero-order valence-electron chi connectivity index (χ0n) is 12.0. The summed E-state index contributed by atoms with van der Waals surface area (Å²) in [5.74, 6) is 0.862. The molecule has 1 nitrogen and oxygen atoms in total. The molecule has 0 aromatic carbocycles. The average molecular weight is 316 g/mol. The van der Waals surface area contributed by atoms with Gasteiger partial charge >= 0.3 is 0 Å². The molecular weight excluding hydrogens is 286 g/mol. The highest BCUT2D eigenvalue weighted by Gasteiger charge is 2.25. The summed E-state index contributed by atoms with van der Waals surface area (Å²) >= 11 is 3.54. The molecule has 1 heterocycles. The van der Waals surface area contributed by atoms with E-state index in [2.05, 4.69) is 34.7 Å². The molecule has 1 rings (SSSR count). The van der Waals surface area contributed by atoms with E-state index in [1.807, 2.05) is 6.08 Å². The van der Waals surface area contributed by atoms with Crippen LogP contribution >= 0.6 is 15.9 Å². The van der Waals surface area contributed by atoms with Crippen LogP contribution in [0.4, 0.5) is 0 Å². The van der Waals surface area contributed by atoms with Gasteiger partial charge in [0.15, 0.2) is 0 Å². The summed E-state index contributed by atoms with van der Waals surface area (Å²) in [4.78, 5) is 0. The zero-order chi connectivity index (χ0) is 13.2. The molecule has 0 spiro atoms. The van der Waals surface area contributed by atoms with Gasteiger partial charge in [0.05, 0.1) is 0 Å². The number of halogens is 1. The Hall–Kier alpha value is 0.180. The highest BCUT2D eigenvalue weighted by atomic mass is 79.9. The van der Waals surface area contributed by atoms with Gasteiger partial charge < -0.3 is 5.32 Å². The van der Waals surface area contributed by atoms with Crippen LogP contribution in [-0.2, 0) is 0 Å². The molecular formula is C16H30BrN. The Kier molecular flexibility index (Phi) is 9.04. The van der Waals surface area contributed by atoms with Crippen LogP contribution < -0.4 is 5.32 Å². The van der Waals surface area contributed by atoms with Crippen LogP contribution in [0.3, 0.4) is 0 Å². The average Bonchev–Trinajstić information content (AvgIpc) is 2.39. The molecule has 0 radical (unpaired) electrons. The van der Waals surface area contributed by atoms with Crippen molar-refractivity contribution in [2.45, 2.75) is 76.8 Å². The SMILES string of the molecule is C=CCCCCC[C@@H]1CC[C@@H](C)[C@H](CCCBr)N1. The minimum atomic E-state index is 0.759. The molecule has 2 heteroatoms. The lowest BCUT2D eigenvalue weighted by Gasteiger charge is -2.36. The van der Waals surface area contributed by atoms with Gasteiger partial charge in [0.1, 0.15) is 0 Å². The van der Waals surface area contributed by atoms with Crippen molar-refractivity contribution in [2.24, 2.45) is 5.92 Å². The van der Waals surface area contributed by atoms with E-state index in [0.717, 1.165) is 23.3 Å². The normalized spacial score (nSPS) is 28.2. The third kappa shape index (κ3) is 6.38. The number of hydrogen-bond acceptors (Lipinski definition) is 1. The van der Waals surface area contributed by atoms with Crippen molar-refractivity contribution in [2.75, 3.05) is 5.33 Å². The summed E-state index contributed by atoms with van der Waals surface area (Å²) < 4.78 is 0. The number of nitrogens with one attached hydrogen (secondary N) is 1. The molecule has 0 bridgehead atoms. The first-order chi connectivity index (χ1) is 8.77. The fraction of sp³-hybridized carbons (Fsp3) is 0.875. The molecule has 0 unspecified atom stereocenters. The lowest BCUT2D eigenvalue weighted by atomic mass is 9.85. The van der Waals surface area contributed by atoms with Crippen LogP contribution in [0, 0.1) is 5.92 Å². The standard InChI is InChI=1S/C16H30BrN/c1-3-4-5-6-7-9-15-12-11-14(2)16(18-15)10-8-13-17/h3,14-16,18H,1,4-13H2,2H3/t14-,15-,16+/m1/s1. The van der Waals surface area contributed by atoms with Crippen molar-refractivity contribution in [1.82, 2.24) is 5.32 Å². The van der Waals surface area contributed by atoms with E-state index < -0.39 is 0 Å². The number of unbranched alkanes of at least 4 members (excludes halogenated alkanes) is 3. The molecule has 0 aromatic heterocycles. The van der Waals surface area contributed by atoms with Gasteiger partial charge in [0.25, 0.3) is 0 Å². The molecule has 0 saturated carbocycles. The van der Waals surface area contributed by atoms with Crippen LogP contribution in [0.15, 0.2) is 12.7 Å². The minimum absolute atomic E-state index is 0.759. The minimum Gasteiger partial charge on any atom is -0.311 e. The maximum absolute atomic E-state index is 3.89. The quantitative estimate of drug-likeness (QED) is 0.356. The molecule has 0 amide bonds. The van der Waals surface area contributed by atoms with Crippen LogP contribution in [0.25, 0.3) is 0 Å². The van der Waals surface area contributed by atoms with Gasteiger partial charge in [0, 0.05) is 17.4 Å². The van der Waals surface area contributed by atoms with Gasteiger partial charge in [-0.3, -0.25) is 0 Å². The predicted octanol–water partition coefficient (Wildman–Crippen LogP) is 5.05. The van der Waals surface area contributed by atoms with E-state index in [4.69, 9.17) is 0 Å². The van der Waals surface area contributed by atoms with Gasteiger partial charge in [0.2, 0.25) is 0 Å². The fourth-order valence-corrected chi connectivity index (χ4v) is 3.29.